The van der Waals surface area contributed by atoms with Gasteiger partial charge in [0, 0.05) is 6.20 Å². The van der Waals surface area contributed by atoms with E-state index in [2.05, 4.69) is 17.0 Å². The highest BCUT2D eigenvalue weighted by molar-refractivity contribution is 6.34. The number of hydrogen-bond donors (Lipinski definition) is 2. The van der Waals surface area contributed by atoms with Crippen molar-refractivity contribution < 1.29 is 0 Å². The third-order valence-electron chi connectivity index (χ3n) is 2.23. The zero-order valence-corrected chi connectivity index (χ0v) is 10.6. The van der Waals surface area contributed by atoms with Crippen molar-refractivity contribution in [1.29, 1.82) is 0 Å². The first kappa shape index (κ1) is 13.5. The summed E-state index contributed by atoms with van der Waals surface area (Å²) in [7, 11) is 0. The van der Waals surface area contributed by atoms with Gasteiger partial charge in [-0.05, 0) is 25.8 Å². The van der Waals surface area contributed by atoms with E-state index in [0.29, 0.717) is 10.0 Å². The van der Waals surface area contributed by atoms with Crippen LogP contribution in [-0.2, 0) is 0 Å². The maximum atomic E-state index is 6.05. The number of halogens is 2. The number of hydrazine groups is 1. The molecule has 1 rings (SSSR count). The van der Waals surface area contributed by atoms with E-state index in [1.165, 1.54) is 0 Å². The van der Waals surface area contributed by atoms with Crippen LogP contribution in [0.25, 0.3) is 0 Å². The Morgan fingerprint density at radius 2 is 2.31 bits per heavy atom. The number of hydrogen-bond acceptors (Lipinski definition) is 3. The predicted molar refractivity (Wildman–Crippen MR) is 68.4 cm³/mol. The molecular formula is C11H15Cl2N3. The molecule has 0 spiro atoms. The molecule has 1 atom stereocenters. The highest BCUT2D eigenvalue weighted by atomic mass is 35.5. The van der Waals surface area contributed by atoms with Gasteiger partial charge >= 0.3 is 0 Å². The molecule has 1 heterocycles. The fraction of sp³-hybridized carbons (Fsp3) is 0.364. The minimum absolute atomic E-state index is 0.0820. The van der Waals surface area contributed by atoms with Crippen LogP contribution in [0.2, 0.25) is 10.0 Å². The van der Waals surface area contributed by atoms with Crippen molar-refractivity contribution >= 4 is 23.2 Å². The molecule has 1 aromatic heterocycles. The van der Waals surface area contributed by atoms with Crippen LogP contribution in [0.15, 0.2) is 24.4 Å². The minimum Gasteiger partial charge on any atom is -0.271 e. The lowest BCUT2D eigenvalue weighted by Gasteiger charge is -2.16. The molecule has 88 valence electrons. The van der Waals surface area contributed by atoms with Gasteiger partial charge in [0.05, 0.1) is 21.8 Å². The second-order valence-corrected chi connectivity index (χ2v) is 4.58. The lowest BCUT2D eigenvalue weighted by Crippen LogP contribution is -2.29. The number of nitrogens with zero attached hydrogens (tertiary/aromatic N) is 1. The molecule has 5 heteroatoms. The molecular weight excluding hydrogens is 245 g/mol. The molecule has 3 nitrogen and oxygen atoms in total. The van der Waals surface area contributed by atoms with Crippen LogP contribution in [0.5, 0.6) is 0 Å². The summed E-state index contributed by atoms with van der Waals surface area (Å²) in [5, 5.41) is 1.04. The summed E-state index contributed by atoms with van der Waals surface area (Å²) in [4.78, 5) is 4.19. The van der Waals surface area contributed by atoms with Crippen molar-refractivity contribution in [3.05, 3.63) is 40.2 Å². The van der Waals surface area contributed by atoms with E-state index < -0.39 is 0 Å². The smallest absolute Gasteiger partial charge is 0.0773 e. The quantitative estimate of drug-likeness (QED) is 0.485. The fourth-order valence-electron chi connectivity index (χ4n) is 1.37. The van der Waals surface area contributed by atoms with Gasteiger partial charge in [-0.25, -0.2) is 0 Å². The van der Waals surface area contributed by atoms with E-state index in [1.54, 1.807) is 12.3 Å². The van der Waals surface area contributed by atoms with Gasteiger partial charge in [-0.3, -0.25) is 16.3 Å². The van der Waals surface area contributed by atoms with E-state index in [0.717, 1.165) is 24.1 Å². The molecule has 16 heavy (non-hydrogen) atoms. The Labute approximate surface area is 106 Å². The lowest BCUT2D eigenvalue weighted by molar-refractivity contribution is 0.504. The van der Waals surface area contributed by atoms with Gasteiger partial charge in [0.1, 0.15) is 0 Å². The second-order valence-electron chi connectivity index (χ2n) is 3.74. The Morgan fingerprint density at radius 3 is 2.81 bits per heavy atom. The number of allylic oxidation sites excluding steroid dienone is 1. The average molecular weight is 260 g/mol. The molecule has 0 aromatic carbocycles. The van der Waals surface area contributed by atoms with Crippen molar-refractivity contribution in [2.45, 2.75) is 25.8 Å². The average Bonchev–Trinajstić information content (AvgIpc) is 2.21. The topological polar surface area (TPSA) is 50.9 Å². The van der Waals surface area contributed by atoms with Gasteiger partial charge in [-0.15, -0.1) is 6.58 Å². The fourth-order valence-corrected chi connectivity index (χ4v) is 1.88. The molecule has 0 bridgehead atoms. The Kier molecular flexibility index (Phi) is 5.22. The van der Waals surface area contributed by atoms with Gasteiger partial charge < -0.3 is 0 Å². The summed E-state index contributed by atoms with van der Waals surface area (Å²) < 4.78 is 0. The minimum atomic E-state index is -0.0820. The van der Waals surface area contributed by atoms with Crippen molar-refractivity contribution in [1.82, 2.24) is 10.4 Å². The number of pyridine rings is 1. The summed E-state index contributed by atoms with van der Waals surface area (Å²) in [6.45, 7) is 5.83. The molecule has 0 aliphatic rings. The summed E-state index contributed by atoms with van der Waals surface area (Å²) in [5.74, 6) is 5.49. The predicted octanol–water partition coefficient (Wildman–Crippen LogP) is 3.25. The molecule has 0 aliphatic carbocycles. The summed E-state index contributed by atoms with van der Waals surface area (Å²) in [6, 6.07) is 1.58. The molecule has 0 amide bonds. The largest absolute Gasteiger partial charge is 0.271 e. The summed E-state index contributed by atoms with van der Waals surface area (Å²) in [6.07, 6.45) is 3.24. The maximum Gasteiger partial charge on any atom is 0.0773 e. The Bertz CT molecular complexity index is 379. The third kappa shape index (κ3) is 3.76. The first-order valence-electron chi connectivity index (χ1n) is 4.96. The van der Waals surface area contributed by atoms with E-state index >= 15 is 0 Å². The standard InChI is InChI=1S/C11H15Cl2N3/c1-7(2)3-4-10(16-14)11-9(13)5-8(12)6-15-11/h5-6,10,16H,1,3-4,14H2,2H3. The van der Waals surface area contributed by atoms with Crippen LogP contribution < -0.4 is 11.3 Å². The molecule has 0 saturated carbocycles. The van der Waals surface area contributed by atoms with Crippen LogP contribution in [0.4, 0.5) is 0 Å². The normalized spacial score (nSPS) is 12.5. The SMILES string of the molecule is C=C(C)CCC(NN)c1ncc(Cl)cc1Cl. The molecule has 3 N–H and O–H groups in total. The maximum absolute atomic E-state index is 6.05. The Morgan fingerprint density at radius 1 is 1.62 bits per heavy atom. The zero-order valence-electron chi connectivity index (χ0n) is 9.13. The van der Waals surface area contributed by atoms with Crippen molar-refractivity contribution in [2.24, 2.45) is 5.84 Å². The first-order chi connectivity index (χ1) is 7.54. The van der Waals surface area contributed by atoms with Crippen molar-refractivity contribution in [3.8, 4) is 0 Å². The van der Waals surface area contributed by atoms with Gasteiger partial charge in [0.2, 0.25) is 0 Å². The molecule has 0 aliphatic heterocycles. The van der Waals surface area contributed by atoms with Crippen LogP contribution in [0, 0.1) is 0 Å². The molecule has 0 saturated heterocycles. The van der Waals surface area contributed by atoms with Crippen LogP contribution >= 0.6 is 23.2 Å². The van der Waals surface area contributed by atoms with E-state index in [1.807, 2.05) is 6.92 Å². The monoisotopic (exact) mass is 259 g/mol. The number of nitrogens with two attached hydrogens (primary N) is 1. The van der Waals surface area contributed by atoms with Crippen LogP contribution in [0.3, 0.4) is 0 Å². The van der Waals surface area contributed by atoms with Crippen LogP contribution in [0.1, 0.15) is 31.5 Å². The van der Waals surface area contributed by atoms with Gasteiger partial charge in [-0.2, -0.15) is 0 Å². The Balaban J connectivity index is 2.82. The number of aromatic nitrogens is 1. The van der Waals surface area contributed by atoms with Crippen molar-refractivity contribution in [2.75, 3.05) is 0 Å². The van der Waals surface area contributed by atoms with Gasteiger partial charge in [0.15, 0.2) is 0 Å². The number of nitrogens with one attached hydrogen (secondary N) is 1. The van der Waals surface area contributed by atoms with E-state index in [9.17, 15) is 0 Å². The van der Waals surface area contributed by atoms with Crippen molar-refractivity contribution in [3.63, 3.8) is 0 Å². The highest BCUT2D eigenvalue weighted by Gasteiger charge is 2.14. The molecule has 0 radical (unpaired) electrons. The molecule has 1 aromatic rings. The first-order valence-corrected chi connectivity index (χ1v) is 5.71. The Hall–Kier alpha value is -0.610. The van der Waals surface area contributed by atoms with Crippen LogP contribution in [-0.4, -0.2) is 4.98 Å². The summed E-state index contributed by atoms with van der Waals surface area (Å²) >= 11 is 11.8. The lowest BCUT2D eigenvalue weighted by atomic mass is 10.0. The summed E-state index contributed by atoms with van der Waals surface area (Å²) in [5.41, 5.74) is 4.52. The number of rotatable bonds is 5. The third-order valence-corrected chi connectivity index (χ3v) is 2.74. The van der Waals surface area contributed by atoms with Gasteiger partial charge in [0.25, 0.3) is 0 Å². The molecule has 1 unspecified atom stereocenters. The highest BCUT2D eigenvalue weighted by Crippen LogP contribution is 2.26. The van der Waals surface area contributed by atoms with Gasteiger partial charge in [-0.1, -0.05) is 28.8 Å². The second kappa shape index (κ2) is 6.21. The zero-order chi connectivity index (χ0) is 12.1. The molecule has 0 fully saturated rings. The van der Waals surface area contributed by atoms with E-state index in [4.69, 9.17) is 29.0 Å². The van der Waals surface area contributed by atoms with E-state index in [-0.39, 0.29) is 6.04 Å².